The first-order valence-corrected chi connectivity index (χ1v) is 15.0. The van der Waals surface area contributed by atoms with Crippen LogP contribution < -0.4 is 0 Å². The van der Waals surface area contributed by atoms with Crippen LogP contribution in [0.3, 0.4) is 0 Å². The monoisotopic (exact) mass is 531 g/mol. The first-order chi connectivity index (χ1) is 18.1. The fourth-order valence-corrected chi connectivity index (χ4v) is 10.7. The van der Waals surface area contributed by atoms with Crippen molar-refractivity contribution in [2.24, 2.45) is 55.8 Å². The Kier molecular flexibility index (Phi) is 5.55. The number of hydrogen-bond donors (Lipinski definition) is 0. The Labute approximate surface area is 233 Å². The molecule has 0 saturated heterocycles. The van der Waals surface area contributed by atoms with Crippen LogP contribution in [0.25, 0.3) is 0 Å². The van der Waals surface area contributed by atoms with Gasteiger partial charge in [0.15, 0.2) is 17.8 Å². The lowest BCUT2D eigenvalue weighted by Gasteiger charge is -2.69. The van der Waals surface area contributed by atoms with Crippen molar-refractivity contribution in [2.45, 2.75) is 99.6 Å². The van der Waals surface area contributed by atoms with Gasteiger partial charge in [-0.15, -0.1) is 5.10 Å². The van der Waals surface area contributed by atoms with E-state index in [4.69, 9.17) is 4.74 Å². The quantitative estimate of drug-likeness (QED) is 0.389. The van der Waals surface area contributed by atoms with Crippen molar-refractivity contribution < 1.29 is 14.3 Å². The number of nitrogens with zero attached hydrogens (tertiary/aromatic N) is 3. The molecule has 0 spiro atoms. The summed E-state index contributed by atoms with van der Waals surface area (Å²) in [4.78, 5) is 27.6. The van der Waals surface area contributed by atoms with E-state index in [1.54, 1.807) is 0 Å². The molecule has 6 rings (SSSR count). The molecule has 3 saturated carbocycles. The van der Waals surface area contributed by atoms with Crippen molar-refractivity contribution in [3.63, 3.8) is 0 Å². The van der Waals surface area contributed by atoms with Crippen LogP contribution in [0, 0.1) is 62.1 Å². The summed E-state index contributed by atoms with van der Waals surface area (Å²) in [6.07, 6.45) is 10.9. The van der Waals surface area contributed by atoms with Crippen molar-refractivity contribution in [1.82, 2.24) is 5.01 Å². The third-order valence-electron chi connectivity index (χ3n) is 13.0. The summed E-state index contributed by atoms with van der Waals surface area (Å²) in [5, 5.41) is 16.5. The first-order valence-electron chi connectivity index (χ1n) is 15.0. The van der Waals surface area contributed by atoms with Gasteiger partial charge in [0, 0.05) is 36.6 Å². The highest BCUT2D eigenvalue weighted by Crippen LogP contribution is 2.74. The summed E-state index contributed by atoms with van der Waals surface area (Å²) in [6, 6.07) is 2.19. The van der Waals surface area contributed by atoms with E-state index in [1.165, 1.54) is 0 Å². The molecule has 6 aliphatic rings. The predicted molar refractivity (Wildman–Crippen MR) is 150 cm³/mol. The van der Waals surface area contributed by atoms with Crippen LogP contribution in [-0.4, -0.2) is 35.7 Å². The summed E-state index contributed by atoms with van der Waals surface area (Å²) in [5.41, 5.74) is 0.622. The van der Waals surface area contributed by atoms with Gasteiger partial charge in [0.25, 0.3) is 0 Å². The second-order valence-corrected chi connectivity index (χ2v) is 15.3. The molecule has 0 N–H and O–H groups in total. The van der Waals surface area contributed by atoms with Gasteiger partial charge in [-0.1, -0.05) is 53.2 Å². The van der Waals surface area contributed by atoms with Crippen LogP contribution in [0.4, 0.5) is 0 Å². The van der Waals surface area contributed by atoms with Crippen molar-refractivity contribution in [1.29, 1.82) is 5.26 Å². The van der Waals surface area contributed by atoms with Crippen molar-refractivity contribution in [2.75, 3.05) is 7.05 Å². The van der Waals surface area contributed by atoms with Gasteiger partial charge in [-0.3, -0.25) is 14.6 Å². The third kappa shape index (κ3) is 3.28. The molecule has 0 aromatic carbocycles. The van der Waals surface area contributed by atoms with Crippen molar-refractivity contribution in [3.05, 3.63) is 23.3 Å². The Morgan fingerprint density at radius 1 is 1.05 bits per heavy atom. The summed E-state index contributed by atoms with van der Waals surface area (Å²) >= 11 is 0. The number of hydrogen-bond acceptors (Lipinski definition) is 6. The SMILES string of the molecule is CC1=NN(C)C([C@]23CCC(C)(C)CC2C2C(=O)C=C4[C@@]5(C)C=C(C#N)C(=O)[C@@H](C)[C@@H]5CC[C@@]4(C)[C@]2(C)CC3)O1. The van der Waals surface area contributed by atoms with Gasteiger partial charge in [0.2, 0.25) is 5.90 Å². The van der Waals surface area contributed by atoms with E-state index in [2.05, 4.69) is 45.8 Å². The Morgan fingerprint density at radius 2 is 1.74 bits per heavy atom. The summed E-state index contributed by atoms with van der Waals surface area (Å²) in [6.45, 7) is 15.6. The number of nitriles is 1. The van der Waals surface area contributed by atoms with Gasteiger partial charge in [0.05, 0.1) is 5.57 Å². The lowest BCUT2D eigenvalue weighted by atomic mass is 9.34. The second-order valence-electron chi connectivity index (χ2n) is 15.3. The molecule has 5 aliphatic carbocycles. The minimum atomic E-state index is -0.463. The highest BCUT2D eigenvalue weighted by atomic mass is 16.5. The maximum Gasteiger partial charge on any atom is 0.205 e. The average molecular weight is 532 g/mol. The van der Waals surface area contributed by atoms with Crippen LogP contribution in [-0.2, 0) is 14.3 Å². The zero-order chi connectivity index (χ0) is 28.3. The molecular formula is C33H45N3O3. The number of ether oxygens (including phenoxy) is 1. The topological polar surface area (TPSA) is 82.8 Å². The normalized spacial score (nSPS) is 48.3. The van der Waals surface area contributed by atoms with Crippen molar-refractivity contribution >= 4 is 17.5 Å². The van der Waals surface area contributed by atoms with Crippen molar-refractivity contribution in [3.8, 4) is 6.07 Å². The Balaban J connectivity index is 1.50. The number of rotatable bonds is 1. The molecule has 1 aliphatic heterocycles. The second kappa shape index (κ2) is 8.08. The largest absolute Gasteiger partial charge is 0.454 e. The smallest absolute Gasteiger partial charge is 0.205 e. The molecule has 0 radical (unpaired) electrons. The van der Waals surface area contributed by atoms with Crippen LogP contribution in [0.1, 0.15) is 93.4 Å². The molecule has 0 aromatic rings. The lowest BCUT2D eigenvalue weighted by molar-refractivity contribution is -0.204. The molecule has 6 nitrogen and oxygen atoms in total. The number of hydrazone groups is 1. The fourth-order valence-electron chi connectivity index (χ4n) is 10.7. The van der Waals surface area contributed by atoms with E-state index in [0.717, 1.165) is 50.5 Å². The fraction of sp³-hybridized carbons (Fsp3) is 0.758. The number of carbonyl (C=O) groups excluding carboxylic acids is 2. The lowest BCUT2D eigenvalue weighted by Crippen LogP contribution is -2.66. The van der Waals surface area contributed by atoms with Gasteiger partial charge in [-0.2, -0.15) is 5.26 Å². The summed E-state index contributed by atoms with van der Waals surface area (Å²) in [5.74, 6) is 0.945. The minimum Gasteiger partial charge on any atom is -0.454 e. The Morgan fingerprint density at radius 3 is 2.38 bits per heavy atom. The van der Waals surface area contributed by atoms with E-state index in [1.807, 2.05) is 38.1 Å². The minimum absolute atomic E-state index is 0.0412. The van der Waals surface area contributed by atoms with Crippen LogP contribution in [0.5, 0.6) is 0 Å². The highest BCUT2D eigenvalue weighted by Gasteiger charge is 2.70. The average Bonchev–Trinajstić information content (AvgIpc) is 3.21. The number of carbonyl (C=O) groups is 2. The van der Waals surface area contributed by atoms with Gasteiger partial charge < -0.3 is 4.74 Å². The Bertz CT molecular complexity index is 1290. The molecule has 0 amide bonds. The number of allylic oxidation sites excluding steroid dienone is 4. The molecule has 0 aromatic heterocycles. The van der Waals surface area contributed by atoms with Gasteiger partial charge in [-0.25, -0.2) is 0 Å². The van der Waals surface area contributed by atoms with Gasteiger partial charge >= 0.3 is 0 Å². The third-order valence-corrected chi connectivity index (χ3v) is 13.0. The van der Waals surface area contributed by atoms with Crippen LogP contribution >= 0.6 is 0 Å². The maximum absolute atomic E-state index is 14.6. The molecule has 1 heterocycles. The van der Waals surface area contributed by atoms with E-state index in [-0.39, 0.29) is 68.7 Å². The Hall–Kier alpha value is -2.42. The summed E-state index contributed by atoms with van der Waals surface area (Å²) in [7, 11) is 2.02. The van der Waals surface area contributed by atoms with E-state index in [0.29, 0.717) is 5.90 Å². The first kappa shape index (κ1) is 26.8. The number of fused-ring (bicyclic) bond motifs is 7. The van der Waals surface area contributed by atoms with E-state index < -0.39 is 5.41 Å². The molecule has 210 valence electrons. The maximum atomic E-state index is 14.6. The summed E-state index contributed by atoms with van der Waals surface area (Å²) < 4.78 is 6.43. The van der Waals surface area contributed by atoms with Gasteiger partial charge in [-0.05, 0) is 79.1 Å². The van der Waals surface area contributed by atoms with Gasteiger partial charge in [0.1, 0.15) is 6.07 Å². The highest BCUT2D eigenvalue weighted by molar-refractivity contribution is 6.02. The molecule has 39 heavy (non-hydrogen) atoms. The van der Waals surface area contributed by atoms with Crippen LogP contribution in [0.2, 0.25) is 0 Å². The standard InChI is InChI=1S/C33H45N3O3/c1-19-22-9-10-31(6)25(30(22,5)16-21(18-34)27(19)38)15-24(37)26-23-17-29(3,4)11-13-33(23,14-12-32(26,31)7)28-36(8)35-20(2)39-28/h15-16,19,22-23,26,28H,9-14,17H2,1-8H3/t19-,22-,23?,26?,28?,30-,31+,32+,33-/m0/s1. The molecule has 9 atom stereocenters. The number of Topliss-reactive ketones (excluding diaryl/α,β-unsaturated/α-hetero) is 1. The van der Waals surface area contributed by atoms with Crippen LogP contribution in [0.15, 0.2) is 28.4 Å². The molecule has 0 bridgehead atoms. The zero-order valence-corrected chi connectivity index (χ0v) is 25.1. The molecule has 6 heteroatoms. The molecule has 3 fully saturated rings. The zero-order valence-electron chi connectivity index (χ0n) is 25.1. The number of ketones is 2. The van der Waals surface area contributed by atoms with E-state index in [9.17, 15) is 14.9 Å². The van der Waals surface area contributed by atoms with E-state index >= 15 is 0 Å². The predicted octanol–water partition coefficient (Wildman–Crippen LogP) is 6.44. The molecule has 3 unspecified atom stereocenters. The molecular weight excluding hydrogens is 486 g/mol.